The normalized spacial score (nSPS) is 10.9. The van der Waals surface area contributed by atoms with Gasteiger partial charge in [-0.2, -0.15) is 0 Å². The molecule has 0 heterocycles. The van der Waals surface area contributed by atoms with E-state index in [-0.39, 0.29) is 15.8 Å². The van der Waals surface area contributed by atoms with Crippen molar-refractivity contribution in [2.45, 2.75) is 27.7 Å². The molecule has 5 heteroatoms. The first kappa shape index (κ1) is 29.2. The molecule has 2 aromatic rings. The molecule has 164 valence electrons. The van der Waals surface area contributed by atoms with Crippen LogP contribution in [-0.4, -0.2) is 24.6 Å². The van der Waals surface area contributed by atoms with Crippen LogP contribution in [0.4, 0.5) is 0 Å². The van der Waals surface area contributed by atoms with Crippen LogP contribution in [0, 0.1) is 0 Å². The van der Waals surface area contributed by atoms with Crippen LogP contribution in [0.25, 0.3) is 12.2 Å². The number of rotatable bonds is 8. The molecule has 0 saturated heterocycles. The third-order valence-corrected chi connectivity index (χ3v) is 8.57. The maximum absolute atomic E-state index is 3.00. The van der Waals surface area contributed by atoms with Gasteiger partial charge < -0.3 is 0 Å². The molecule has 0 saturated carbocycles. The summed E-state index contributed by atoms with van der Waals surface area (Å²) >= 11 is 6.00. The molecule has 0 aliphatic heterocycles. The van der Waals surface area contributed by atoms with E-state index in [4.69, 9.17) is 0 Å². The Kier molecular flexibility index (Phi) is 21.6. The van der Waals surface area contributed by atoms with Gasteiger partial charge in [-0.1, -0.05) is 128 Å². The summed E-state index contributed by atoms with van der Waals surface area (Å²) in [6.07, 6.45) is 9.70. The van der Waals surface area contributed by atoms with Crippen molar-refractivity contribution in [3.8, 4) is 0 Å². The summed E-state index contributed by atoms with van der Waals surface area (Å²) in [7, 11) is 1.53. The minimum atomic E-state index is 0.140. The second kappa shape index (κ2) is 21.5. The number of hydrogen-bond donors (Lipinski definition) is 0. The van der Waals surface area contributed by atoms with Crippen molar-refractivity contribution in [2.24, 2.45) is 0 Å². The fourth-order valence-electron chi connectivity index (χ4n) is 2.38. The van der Waals surface area contributed by atoms with Crippen LogP contribution in [0.15, 0.2) is 72.3 Å². The summed E-state index contributed by atoms with van der Waals surface area (Å²) in [6.45, 7) is 9.07. The van der Waals surface area contributed by atoms with Crippen molar-refractivity contribution in [3.63, 3.8) is 0 Å². The Bertz CT molecular complexity index is 583. The van der Waals surface area contributed by atoms with E-state index in [2.05, 4.69) is 141 Å². The predicted molar refractivity (Wildman–Crippen MR) is 145 cm³/mol. The summed E-state index contributed by atoms with van der Waals surface area (Å²) in [6, 6.07) is 21.0. The molecule has 0 N–H and O–H groups in total. The summed E-state index contributed by atoms with van der Waals surface area (Å²) in [4.78, 5) is 0. The summed E-state index contributed by atoms with van der Waals surface area (Å²) < 4.78 is 0. The number of halogens is 2. The molecule has 0 nitrogen and oxygen atoms in total. The van der Waals surface area contributed by atoms with Crippen LogP contribution in [0.3, 0.4) is 0 Å². The van der Waals surface area contributed by atoms with E-state index in [1.54, 1.807) is 0 Å². The quantitative estimate of drug-likeness (QED) is 0.208. The Hall–Kier alpha value is 0.234. The van der Waals surface area contributed by atoms with Crippen LogP contribution in [0.5, 0.6) is 0 Å². The molecule has 29 heavy (non-hydrogen) atoms. The number of hydrogen-bond acceptors (Lipinski definition) is 0. The monoisotopic (exact) mass is 600 g/mol. The van der Waals surface area contributed by atoms with E-state index < -0.39 is 0 Å². The molecule has 0 atom stereocenters. The summed E-state index contributed by atoms with van der Waals surface area (Å²) in [5, 5.41) is 0. The van der Waals surface area contributed by atoms with E-state index >= 15 is 0 Å². The molecular weight excluding hydrogens is 569 g/mol. The van der Waals surface area contributed by atoms with Crippen LogP contribution in [0.1, 0.15) is 38.8 Å². The molecule has 2 aromatic carbocycles. The molecular formula is C24H34Br2NiP2. The molecule has 0 fully saturated rings. The first-order valence-corrected chi connectivity index (χ1v) is 18.4. The van der Waals surface area contributed by atoms with E-state index in [0.29, 0.717) is 0 Å². The van der Waals surface area contributed by atoms with Crippen molar-refractivity contribution < 1.29 is 10.9 Å². The summed E-state index contributed by atoms with van der Waals surface area (Å²) in [5.41, 5.74) is 2.63. The Labute approximate surface area is 201 Å². The molecule has 0 amide bonds. The van der Waals surface area contributed by atoms with Gasteiger partial charge in [0.1, 0.15) is 0 Å². The van der Waals surface area contributed by atoms with Crippen molar-refractivity contribution in [3.05, 3.63) is 83.4 Å². The fourth-order valence-corrected chi connectivity index (χ4v) is 4.88. The fraction of sp³-hybridized carbons (Fsp3) is 0.333. The van der Waals surface area contributed by atoms with E-state index in [9.17, 15) is 0 Å². The van der Waals surface area contributed by atoms with E-state index in [1.807, 2.05) is 0 Å². The van der Waals surface area contributed by atoms with Crippen LogP contribution in [-0.2, 0) is 10.9 Å². The van der Waals surface area contributed by atoms with Crippen molar-refractivity contribution in [1.29, 1.82) is 0 Å². The van der Waals surface area contributed by atoms with Gasteiger partial charge in [-0.15, -0.1) is 0 Å². The molecule has 0 aliphatic carbocycles. The maximum atomic E-state index is 3.00. The second-order valence-electron chi connectivity index (χ2n) is 5.94. The summed E-state index contributed by atoms with van der Waals surface area (Å²) in [5.74, 6) is 4.76. The average Bonchev–Trinajstić information content (AvgIpc) is 2.78. The third-order valence-electron chi connectivity index (χ3n) is 4.18. The molecule has 0 bridgehead atoms. The predicted octanol–water partition coefficient (Wildman–Crippen LogP) is 10.0. The zero-order valence-electron chi connectivity index (χ0n) is 17.9. The molecule has 0 unspecified atom stereocenters. The van der Waals surface area contributed by atoms with Gasteiger partial charge in [-0.25, -0.2) is 0 Å². The Morgan fingerprint density at radius 3 is 1.14 bits per heavy atom. The molecule has 2 rings (SSSR count). The van der Waals surface area contributed by atoms with Gasteiger partial charge in [-0.3, -0.25) is 0 Å². The Balaban J connectivity index is 0.000000477. The van der Waals surface area contributed by atoms with Gasteiger partial charge in [-0.05, 0) is 35.8 Å². The molecule has 0 spiro atoms. The van der Waals surface area contributed by atoms with Crippen molar-refractivity contribution >= 4 is 56.4 Å². The van der Waals surface area contributed by atoms with E-state index in [0.717, 1.165) is 0 Å². The first-order valence-electron chi connectivity index (χ1n) is 9.91. The molecule has 0 radical (unpaired) electrons. The topological polar surface area (TPSA) is 0 Å². The number of benzene rings is 2. The van der Waals surface area contributed by atoms with Gasteiger partial charge in [0.15, 0.2) is 0 Å². The Morgan fingerprint density at radius 2 is 0.897 bits per heavy atom. The van der Waals surface area contributed by atoms with Gasteiger partial charge in [0, 0.05) is 0 Å². The van der Waals surface area contributed by atoms with Gasteiger partial charge in [0.2, 0.25) is 0 Å². The van der Waals surface area contributed by atoms with E-state index in [1.165, 1.54) is 46.7 Å². The van der Waals surface area contributed by atoms with Crippen LogP contribution in [0.2, 0.25) is 0 Å². The Morgan fingerprint density at radius 1 is 0.621 bits per heavy atom. The van der Waals surface area contributed by atoms with Crippen LogP contribution < -0.4 is 0 Å². The molecule has 0 aromatic heterocycles. The second-order valence-corrected chi connectivity index (χ2v) is 16.4. The third kappa shape index (κ3) is 16.6. The SMILES string of the molecule is CCP(C=Cc1ccccc1)CC.CCP(C=Cc1ccccc1)CC.[Br][Ni][Br]. The molecule has 0 aliphatic rings. The van der Waals surface area contributed by atoms with Gasteiger partial charge in [0.05, 0.1) is 0 Å². The zero-order chi connectivity index (χ0) is 21.7. The zero-order valence-corrected chi connectivity index (χ0v) is 23.8. The van der Waals surface area contributed by atoms with Crippen molar-refractivity contribution in [2.75, 3.05) is 24.6 Å². The van der Waals surface area contributed by atoms with Gasteiger partial charge in [0.25, 0.3) is 0 Å². The standard InChI is InChI=1S/2C12H17P.2BrH.Ni/c2*1-3-13(4-2)11-10-12-8-6-5-7-9-12;;;/h2*5-11H,3-4H2,1-2H3;2*1H;/q;;;;+2/p-2. The van der Waals surface area contributed by atoms with Crippen LogP contribution >= 0.6 is 44.3 Å². The first-order chi connectivity index (χ1) is 14.1. The average molecular weight is 603 g/mol. The van der Waals surface area contributed by atoms with Crippen molar-refractivity contribution in [1.82, 2.24) is 0 Å². The van der Waals surface area contributed by atoms with Gasteiger partial charge >= 0.3 is 39.3 Å². The minimum absolute atomic E-state index is 0.140.